The molecule has 0 aliphatic carbocycles. The summed E-state index contributed by atoms with van der Waals surface area (Å²) >= 11 is 0. The lowest BCUT2D eigenvalue weighted by molar-refractivity contribution is -0.142. The second-order valence-electron chi connectivity index (χ2n) is 15.2. The molecule has 0 spiro atoms. The Morgan fingerprint density at radius 2 is 1.62 bits per heavy atom. The third-order valence-corrected chi connectivity index (χ3v) is 10.2. The van der Waals surface area contributed by atoms with Crippen LogP contribution < -0.4 is 43.8 Å². The van der Waals surface area contributed by atoms with E-state index < -0.39 is 77.6 Å². The number of nitrogens with zero attached hydrogens (tertiary/aromatic N) is 2. The number of carbonyl (C=O) groups excluding carboxylic acids is 6. The maximum Gasteiger partial charge on any atom is 0.245 e. The van der Waals surface area contributed by atoms with Crippen LogP contribution in [0.3, 0.4) is 0 Å². The molecule has 0 bridgehead atoms. The van der Waals surface area contributed by atoms with Gasteiger partial charge in [-0.15, -0.1) is 0 Å². The van der Waals surface area contributed by atoms with Crippen molar-refractivity contribution in [2.75, 3.05) is 20.1 Å². The zero-order valence-corrected chi connectivity index (χ0v) is 34.3. The van der Waals surface area contributed by atoms with E-state index in [4.69, 9.17) is 17.2 Å². The van der Waals surface area contributed by atoms with Crippen LogP contribution in [0.5, 0.6) is 5.75 Å². The molecular formula is C41H62N10O7. The van der Waals surface area contributed by atoms with Crippen LogP contribution in [0.15, 0.2) is 53.5 Å². The van der Waals surface area contributed by atoms with E-state index in [1.54, 1.807) is 39.0 Å². The van der Waals surface area contributed by atoms with Crippen molar-refractivity contribution < 1.29 is 33.9 Å². The summed E-state index contributed by atoms with van der Waals surface area (Å²) in [6.07, 6.45) is 2.26. The number of nitrogens with one attached hydrogen (secondary N) is 5. The van der Waals surface area contributed by atoms with Gasteiger partial charge in [-0.25, -0.2) is 0 Å². The van der Waals surface area contributed by atoms with Gasteiger partial charge in [-0.2, -0.15) is 0 Å². The van der Waals surface area contributed by atoms with Crippen molar-refractivity contribution in [1.29, 1.82) is 0 Å². The molecule has 6 amide bonds. The van der Waals surface area contributed by atoms with Crippen molar-refractivity contribution in [3.63, 3.8) is 0 Å². The number of hydrogen-bond donors (Lipinski definition) is 9. The van der Waals surface area contributed by atoms with Crippen molar-refractivity contribution >= 4 is 41.4 Å². The van der Waals surface area contributed by atoms with Crippen molar-refractivity contribution in [3.8, 4) is 5.75 Å². The zero-order valence-electron chi connectivity index (χ0n) is 34.3. The van der Waals surface area contributed by atoms with E-state index in [0.717, 1.165) is 11.1 Å². The topological polar surface area (TPSA) is 276 Å². The Morgan fingerprint density at radius 3 is 2.28 bits per heavy atom. The van der Waals surface area contributed by atoms with Crippen LogP contribution in [-0.2, 0) is 41.6 Å². The van der Waals surface area contributed by atoms with E-state index >= 15 is 0 Å². The van der Waals surface area contributed by atoms with E-state index in [0.29, 0.717) is 31.2 Å². The quantitative estimate of drug-likeness (QED) is 0.0787. The molecule has 1 aliphatic rings. The number of hydrogen-bond acceptors (Lipinski definition) is 9. The molecule has 2 aromatic rings. The Morgan fingerprint density at radius 1 is 0.931 bits per heavy atom. The van der Waals surface area contributed by atoms with Crippen LogP contribution in [0.1, 0.15) is 76.0 Å². The van der Waals surface area contributed by atoms with Gasteiger partial charge in [0.25, 0.3) is 0 Å². The number of aromatic hydroxyl groups is 1. The monoisotopic (exact) mass is 806 g/mol. The van der Waals surface area contributed by atoms with E-state index in [1.165, 1.54) is 18.9 Å². The van der Waals surface area contributed by atoms with E-state index in [9.17, 15) is 33.9 Å². The van der Waals surface area contributed by atoms with Gasteiger partial charge in [0.15, 0.2) is 5.96 Å². The van der Waals surface area contributed by atoms with E-state index in [1.807, 2.05) is 30.3 Å². The summed E-state index contributed by atoms with van der Waals surface area (Å²) in [5, 5.41) is 24.1. The number of carbonyl (C=O) groups is 6. The molecule has 1 heterocycles. The van der Waals surface area contributed by atoms with Gasteiger partial charge >= 0.3 is 0 Å². The molecule has 0 aromatic heterocycles. The van der Waals surface area contributed by atoms with Crippen molar-refractivity contribution in [2.45, 2.75) is 115 Å². The predicted octanol–water partition coefficient (Wildman–Crippen LogP) is -0.000980. The fourth-order valence-electron chi connectivity index (χ4n) is 6.46. The summed E-state index contributed by atoms with van der Waals surface area (Å²) in [6, 6.07) is 7.91. The standard InChI is InChI=1S/C41H62N10O7/c1-24(2)34-39(57)48-31(18-16-28-17-19-33(52)25(3)22-28)40(58)51(5)26(4)35(53)49-32(23-27-12-7-6-8-13-27)37(55)45-20-10-9-15-30(38(56)50-34)47-36(54)29(42)14-11-21-46-41(43)44/h6-8,12-13,17,19,22,24,26,29-32,34,52H,9-11,14-16,18,20-21,23,42H2,1-5H3,(H,45,55)(H,47,54)(H,48,57)(H,49,53)(H,50,56)(H4,43,44,46)/t26-,29-,30?,31?,32-,34?/m0/s1. The summed E-state index contributed by atoms with van der Waals surface area (Å²) in [4.78, 5) is 87.8. The highest BCUT2D eigenvalue weighted by molar-refractivity contribution is 5.96. The van der Waals surface area contributed by atoms with Crippen LogP contribution >= 0.6 is 0 Å². The van der Waals surface area contributed by atoms with Gasteiger partial charge in [0, 0.05) is 26.6 Å². The SMILES string of the molecule is Cc1cc(CCC2NC(=O)C(C(C)C)NC(=O)C(NC(=O)[C@@H](N)CCCN=C(N)N)CCCCNC(=O)[C@H](Cc3ccccc3)NC(=O)[C@H](C)N(C)C2=O)ccc1O. The van der Waals surface area contributed by atoms with Gasteiger partial charge in [0.1, 0.15) is 36.0 Å². The number of likely N-dealkylation sites (N-methyl/N-ethyl adjacent to an activating group) is 1. The predicted molar refractivity (Wildman–Crippen MR) is 221 cm³/mol. The van der Waals surface area contributed by atoms with Crippen molar-refractivity contribution in [1.82, 2.24) is 31.5 Å². The second kappa shape index (κ2) is 22.9. The third-order valence-electron chi connectivity index (χ3n) is 10.2. The van der Waals surface area contributed by atoms with Crippen molar-refractivity contribution in [2.24, 2.45) is 28.1 Å². The molecule has 12 N–H and O–H groups in total. The number of amides is 6. The zero-order chi connectivity index (χ0) is 42.9. The summed E-state index contributed by atoms with van der Waals surface area (Å²) in [5.41, 5.74) is 19.2. The molecule has 3 rings (SSSR count). The number of aryl methyl sites for hydroxylation is 2. The lowest BCUT2D eigenvalue weighted by Crippen LogP contribution is -2.60. The largest absolute Gasteiger partial charge is 0.508 e. The van der Waals surface area contributed by atoms with Gasteiger partial charge in [-0.1, -0.05) is 56.3 Å². The van der Waals surface area contributed by atoms with Crippen LogP contribution in [0.2, 0.25) is 0 Å². The maximum atomic E-state index is 14.2. The summed E-state index contributed by atoms with van der Waals surface area (Å²) in [7, 11) is 1.45. The molecule has 1 fully saturated rings. The molecule has 318 valence electrons. The smallest absolute Gasteiger partial charge is 0.245 e. The highest BCUT2D eigenvalue weighted by atomic mass is 16.3. The fraction of sp³-hybridized carbons (Fsp3) is 0.537. The first-order valence-corrected chi connectivity index (χ1v) is 19.9. The number of nitrogens with two attached hydrogens (primary N) is 3. The third kappa shape index (κ3) is 14.7. The Labute approximate surface area is 340 Å². The first-order chi connectivity index (χ1) is 27.5. The normalized spacial score (nSPS) is 22.3. The highest BCUT2D eigenvalue weighted by Crippen LogP contribution is 2.19. The average Bonchev–Trinajstić information content (AvgIpc) is 3.18. The summed E-state index contributed by atoms with van der Waals surface area (Å²) < 4.78 is 0. The number of phenolic OH excluding ortho intramolecular Hbond substituents is 1. The minimum absolute atomic E-state index is 0.0800. The molecule has 0 saturated carbocycles. The molecule has 1 saturated heterocycles. The molecular weight excluding hydrogens is 745 g/mol. The van der Waals surface area contributed by atoms with Crippen LogP contribution in [0, 0.1) is 12.8 Å². The van der Waals surface area contributed by atoms with Gasteiger partial charge in [0.2, 0.25) is 35.4 Å². The maximum absolute atomic E-state index is 14.2. The Kier molecular flexibility index (Phi) is 18.4. The number of aliphatic imine (C=N–C) groups is 1. The van der Waals surface area contributed by atoms with Gasteiger partial charge < -0.3 is 53.8 Å². The Bertz CT molecular complexity index is 1750. The molecule has 2 aromatic carbocycles. The molecule has 6 atom stereocenters. The Hall–Kier alpha value is -5.71. The highest BCUT2D eigenvalue weighted by Gasteiger charge is 2.35. The molecule has 1 aliphatic heterocycles. The molecule has 3 unspecified atom stereocenters. The molecule has 58 heavy (non-hydrogen) atoms. The average molecular weight is 807 g/mol. The van der Waals surface area contributed by atoms with E-state index in [-0.39, 0.29) is 50.5 Å². The fourth-order valence-corrected chi connectivity index (χ4v) is 6.46. The number of rotatable bonds is 12. The van der Waals surface area contributed by atoms with Crippen molar-refractivity contribution in [3.05, 3.63) is 65.2 Å². The van der Waals surface area contributed by atoms with Crippen LogP contribution in [0.25, 0.3) is 0 Å². The van der Waals surface area contributed by atoms with Gasteiger partial charge in [0.05, 0.1) is 6.04 Å². The van der Waals surface area contributed by atoms with Crippen LogP contribution in [-0.4, -0.2) is 108 Å². The van der Waals surface area contributed by atoms with Gasteiger partial charge in [-0.3, -0.25) is 33.8 Å². The lowest BCUT2D eigenvalue weighted by Gasteiger charge is -2.31. The minimum atomic E-state index is -1.14. The van der Waals surface area contributed by atoms with E-state index in [2.05, 4.69) is 31.6 Å². The number of guanidine groups is 1. The minimum Gasteiger partial charge on any atom is -0.508 e. The lowest BCUT2D eigenvalue weighted by atomic mass is 9.99. The molecule has 17 nitrogen and oxygen atoms in total. The molecule has 0 radical (unpaired) electrons. The molecule has 17 heteroatoms. The van der Waals surface area contributed by atoms with Gasteiger partial charge in [-0.05, 0) is 87.5 Å². The summed E-state index contributed by atoms with van der Waals surface area (Å²) in [6.45, 7) is 7.24. The second-order valence-corrected chi connectivity index (χ2v) is 15.2. The number of benzene rings is 2. The first kappa shape index (κ1) is 46.7. The first-order valence-electron chi connectivity index (χ1n) is 19.9. The Balaban J connectivity index is 1.96. The summed E-state index contributed by atoms with van der Waals surface area (Å²) in [5.74, 6) is -3.80. The van der Waals surface area contributed by atoms with Crippen LogP contribution in [0.4, 0.5) is 0 Å². The number of phenols is 1.